The molecule has 1 amide bonds. The summed E-state index contributed by atoms with van der Waals surface area (Å²) in [7, 11) is 0. The van der Waals surface area contributed by atoms with E-state index in [-0.39, 0.29) is 35.3 Å². The Kier molecular flexibility index (Phi) is 3.96. The van der Waals surface area contributed by atoms with Gasteiger partial charge in [0, 0.05) is 12.1 Å². The largest absolute Gasteiger partial charge is 0.386 e. The van der Waals surface area contributed by atoms with E-state index in [1.807, 2.05) is 6.92 Å². The Hall–Kier alpha value is -1.66. The Morgan fingerprint density at radius 3 is 2.70 bits per heavy atom. The summed E-state index contributed by atoms with van der Waals surface area (Å²) in [5.74, 6) is -0.314. The van der Waals surface area contributed by atoms with Gasteiger partial charge in [-0.15, -0.1) is 0 Å². The van der Waals surface area contributed by atoms with Crippen LogP contribution >= 0.6 is 11.6 Å². The molecule has 1 aliphatic rings. The lowest BCUT2D eigenvalue weighted by molar-refractivity contribution is -0.384. The van der Waals surface area contributed by atoms with Crippen LogP contribution in [0.25, 0.3) is 0 Å². The van der Waals surface area contributed by atoms with Crippen molar-refractivity contribution in [3.05, 3.63) is 38.9 Å². The third-order valence-corrected chi connectivity index (χ3v) is 3.68. The first-order chi connectivity index (χ1) is 9.36. The summed E-state index contributed by atoms with van der Waals surface area (Å²) < 4.78 is 0. The smallest absolute Gasteiger partial charge is 0.270 e. The van der Waals surface area contributed by atoms with Crippen molar-refractivity contribution in [1.82, 2.24) is 4.90 Å². The molecule has 1 aliphatic heterocycles. The number of non-ortho nitro benzene ring substituents is 1. The monoisotopic (exact) mass is 298 g/mol. The Morgan fingerprint density at radius 2 is 2.20 bits per heavy atom. The number of hydrogen-bond donors (Lipinski definition) is 1. The van der Waals surface area contributed by atoms with Gasteiger partial charge in [-0.2, -0.15) is 0 Å². The van der Waals surface area contributed by atoms with Gasteiger partial charge in [0.05, 0.1) is 34.2 Å². The molecule has 1 fully saturated rings. The number of carbonyl (C=O) groups is 1. The number of rotatable bonds is 4. The van der Waals surface area contributed by atoms with Gasteiger partial charge in [-0.05, 0) is 12.5 Å². The lowest BCUT2D eigenvalue weighted by atomic mass is 9.89. The predicted octanol–water partition coefficient (Wildman–Crippen LogP) is 2.24. The summed E-state index contributed by atoms with van der Waals surface area (Å²) in [6, 6.07) is 3.75. The van der Waals surface area contributed by atoms with Crippen molar-refractivity contribution in [2.75, 3.05) is 13.1 Å². The Labute approximate surface area is 121 Å². The maximum Gasteiger partial charge on any atom is 0.270 e. The number of likely N-dealkylation sites (tertiary alicyclic amines) is 1. The summed E-state index contributed by atoms with van der Waals surface area (Å²) in [6.45, 7) is 2.51. The average Bonchev–Trinajstić information content (AvgIpc) is 2.35. The van der Waals surface area contributed by atoms with Crippen molar-refractivity contribution in [3.63, 3.8) is 0 Å². The normalized spacial score (nSPS) is 16.6. The summed E-state index contributed by atoms with van der Waals surface area (Å²) >= 11 is 5.91. The topological polar surface area (TPSA) is 83.7 Å². The van der Waals surface area contributed by atoms with Crippen LogP contribution in [0.3, 0.4) is 0 Å². The number of carbonyl (C=O) groups excluding carboxylic acids is 1. The van der Waals surface area contributed by atoms with Gasteiger partial charge in [0.1, 0.15) is 0 Å². The van der Waals surface area contributed by atoms with Crippen LogP contribution in [0, 0.1) is 10.1 Å². The van der Waals surface area contributed by atoms with Crippen molar-refractivity contribution >= 4 is 23.2 Å². The lowest BCUT2D eigenvalue weighted by Gasteiger charge is -2.46. The van der Waals surface area contributed by atoms with Crippen molar-refractivity contribution in [3.8, 4) is 0 Å². The molecule has 1 N–H and O–H groups in total. The number of amides is 1. The van der Waals surface area contributed by atoms with Gasteiger partial charge >= 0.3 is 0 Å². The molecule has 0 saturated carbocycles. The van der Waals surface area contributed by atoms with Crippen molar-refractivity contribution in [2.45, 2.75) is 25.4 Å². The second kappa shape index (κ2) is 5.38. The van der Waals surface area contributed by atoms with Crippen LogP contribution in [-0.2, 0) is 0 Å². The number of β-amino-alcohol motifs (C(OH)–C–C–N with tert-alkyl or cyclic N) is 1. The first-order valence-corrected chi connectivity index (χ1v) is 6.70. The van der Waals surface area contributed by atoms with Gasteiger partial charge in [-0.25, -0.2) is 0 Å². The molecule has 0 radical (unpaired) electrons. The molecular formula is C13H15ClN2O4. The third-order valence-electron chi connectivity index (χ3n) is 3.37. The van der Waals surface area contributed by atoms with Crippen LogP contribution in [0.2, 0.25) is 5.02 Å². The fourth-order valence-corrected chi connectivity index (χ4v) is 2.65. The SMILES string of the molecule is CCCC1(O)CN(C(=O)c2ccc([N+](=O)[O-])cc2Cl)C1. The molecule has 7 heteroatoms. The highest BCUT2D eigenvalue weighted by Crippen LogP contribution is 2.30. The molecule has 0 spiro atoms. The molecule has 1 aromatic carbocycles. The number of benzene rings is 1. The lowest BCUT2D eigenvalue weighted by Crippen LogP contribution is -2.63. The van der Waals surface area contributed by atoms with Crippen molar-refractivity contribution in [1.29, 1.82) is 0 Å². The molecule has 2 rings (SSSR count). The van der Waals surface area contributed by atoms with Crippen LogP contribution < -0.4 is 0 Å². The summed E-state index contributed by atoms with van der Waals surface area (Å²) in [6.07, 6.45) is 1.49. The zero-order chi connectivity index (χ0) is 14.9. The second-order valence-electron chi connectivity index (χ2n) is 5.06. The van der Waals surface area contributed by atoms with Crippen molar-refractivity contribution in [2.24, 2.45) is 0 Å². The van der Waals surface area contributed by atoms with Crippen LogP contribution in [0.15, 0.2) is 18.2 Å². The van der Waals surface area contributed by atoms with Crippen LogP contribution in [0.5, 0.6) is 0 Å². The van der Waals surface area contributed by atoms with E-state index in [9.17, 15) is 20.0 Å². The fourth-order valence-electron chi connectivity index (χ4n) is 2.39. The van der Waals surface area contributed by atoms with Gasteiger partial charge < -0.3 is 10.0 Å². The van der Waals surface area contributed by atoms with Crippen LogP contribution in [0.1, 0.15) is 30.1 Å². The Morgan fingerprint density at radius 1 is 1.55 bits per heavy atom. The number of nitrogens with zero attached hydrogens (tertiary/aromatic N) is 2. The number of aliphatic hydroxyl groups is 1. The van der Waals surface area contributed by atoms with Crippen LogP contribution in [-0.4, -0.2) is 39.5 Å². The number of halogens is 1. The van der Waals surface area contributed by atoms with E-state index >= 15 is 0 Å². The molecule has 6 nitrogen and oxygen atoms in total. The van der Waals surface area contributed by atoms with E-state index in [0.29, 0.717) is 6.42 Å². The molecule has 0 aliphatic carbocycles. The summed E-state index contributed by atoms with van der Waals surface area (Å²) in [5, 5.41) is 20.7. The van der Waals surface area contributed by atoms with E-state index in [2.05, 4.69) is 0 Å². The minimum Gasteiger partial charge on any atom is -0.386 e. The van der Waals surface area contributed by atoms with E-state index in [4.69, 9.17) is 11.6 Å². The van der Waals surface area contributed by atoms with E-state index in [0.717, 1.165) is 12.5 Å². The molecule has 1 saturated heterocycles. The van der Waals surface area contributed by atoms with Gasteiger partial charge in [0.2, 0.25) is 0 Å². The highest BCUT2D eigenvalue weighted by atomic mass is 35.5. The molecule has 1 aromatic rings. The first-order valence-electron chi connectivity index (χ1n) is 6.32. The molecule has 0 atom stereocenters. The molecule has 0 bridgehead atoms. The van der Waals surface area contributed by atoms with E-state index in [1.165, 1.54) is 17.0 Å². The molecule has 108 valence electrons. The molecule has 20 heavy (non-hydrogen) atoms. The van der Waals surface area contributed by atoms with Gasteiger partial charge in [-0.1, -0.05) is 24.9 Å². The first kappa shape index (κ1) is 14.7. The second-order valence-corrected chi connectivity index (χ2v) is 5.46. The molecule has 1 heterocycles. The molecule has 0 unspecified atom stereocenters. The number of hydrogen-bond acceptors (Lipinski definition) is 4. The quantitative estimate of drug-likeness (QED) is 0.682. The zero-order valence-corrected chi connectivity index (χ0v) is 11.8. The molecule has 0 aromatic heterocycles. The third kappa shape index (κ3) is 2.76. The van der Waals surface area contributed by atoms with Gasteiger partial charge in [-0.3, -0.25) is 14.9 Å². The highest BCUT2D eigenvalue weighted by molar-refractivity contribution is 6.34. The van der Waals surface area contributed by atoms with E-state index in [1.54, 1.807) is 0 Å². The minimum absolute atomic E-state index is 0.0510. The number of nitro groups is 1. The number of nitro benzene ring substituents is 1. The van der Waals surface area contributed by atoms with Gasteiger partial charge in [0.25, 0.3) is 11.6 Å². The summed E-state index contributed by atoms with van der Waals surface area (Å²) in [4.78, 5) is 23.7. The highest BCUT2D eigenvalue weighted by Gasteiger charge is 2.43. The van der Waals surface area contributed by atoms with Gasteiger partial charge in [0.15, 0.2) is 0 Å². The zero-order valence-electron chi connectivity index (χ0n) is 11.0. The summed E-state index contributed by atoms with van der Waals surface area (Å²) in [5.41, 5.74) is -0.744. The molecular weight excluding hydrogens is 284 g/mol. The Balaban J connectivity index is 2.10. The van der Waals surface area contributed by atoms with E-state index < -0.39 is 10.5 Å². The predicted molar refractivity (Wildman–Crippen MR) is 73.9 cm³/mol. The average molecular weight is 299 g/mol. The fraction of sp³-hybridized carbons (Fsp3) is 0.462. The van der Waals surface area contributed by atoms with Crippen molar-refractivity contribution < 1.29 is 14.8 Å². The maximum atomic E-state index is 12.2. The maximum absolute atomic E-state index is 12.2. The van der Waals surface area contributed by atoms with Crippen LogP contribution in [0.4, 0.5) is 5.69 Å². The Bertz CT molecular complexity index is 555. The standard InChI is InChI=1S/C13H15ClN2O4/c1-2-5-13(18)7-15(8-13)12(17)10-4-3-9(16(19)20)6-11(10)14/h3-4,6,18H,2,5,7-8H2,1H3. The minimum atomic E-state index is -0.808.